The molecule has 2 aromatic heterocycles. The lowest BCUT2D eigenvalue weighted by Crippen LogP contribution is -2.48. The average Bonchev–Trinajstić information content (AvgIpc) is 3.32. The Morgan fingerprint density at radius 2 is 1.74 bits per heavy atom. The summed E-state index contributed by atoms with van der Waals surface area (Å²) < 4.78 is 15.6. The van der Waals surface area contributed by atoms with Crippen LogP contribution in [-0.2, 0) is 6.54 Å². The second-order valence-electron chi connectivity index (χ2n) is 7.84. The molecule has 5 nitrogen and oxygen atoms in total. The van der Waals surface area contributed by atoms with Gasteiger partial charge >= 0.3 is 0 Å². The third-order valence-electron chi connectivity index (χ3n) is 5.71. The van der Waals surface area contributed by atoms with E-state index in [4.69, 9.17) is 4.98 Å². The fraction of sp³-hybridized carbons (Fsp3) is 0.250. The first kappa shape index (κ1) is 19.9. The molecule has 1 aliphatic heterocycles. The van der Waals surface area contributed by atoms with Gasteiger partial charge in [0.2, 0.25) is 0 Å². The molecule has 0 atom stereocenters. The Hall–Kier alpha value is -3.03. The summed E-state index contributed by atoms with van der Waals surface area (Å²) >= 11 is 1.66. The molecule has 1 saturated heterocycles. The number of carbonyl (C=O) groups excluding carboxylic acids is 1. The fourth-order valence-electron chi connectivity index (χ4n) is 4.08. The van der Waals surface area contributed by atoms with Crippen molar-refractivity contribution in [2.24, 2.45) is 0 Å². The van der Waals surface area contributed by atoms with Crippen molar-refractivity contribution in [1.29, 1.82) is 0 Å². The average molecular weight is 435 g/mol. The van der Waals surface area contributed by atoms with Crippen molar-refractivity contribution in [3.8, 4) is 11.3 Å². The molecule has 31 heavy (non-hydrogen) atoms. The molecule has 4 aromatic rings. The minimum Gasteiger partial charge on any atom is -0.336 e. The van der Waals surface area contributed by atoms with Gasteiger partial charge in [-0.25, -0.2) is 9.37 Å². The number of carbonyl (C=O) groups is 1. The Balaban J connectivity index is 1.35. The maximum atomic E-state index is 13.4. The maximum absolute atomic E-state index is 13.4. The number of rotatable bonds is 4. The largest absolute Gasteiger partial charge is 0.336 e. The lowest BCUT2D eigenvalue weighted by Gasteiger charge is -2.34. The molecular formula is C24H23FN4OS. The Kier molecular flexibility index (Phi) is 5.29. The predicted molar refractivity (Wildman–Crippen MR) is 121 cm³/mol. The van der Waals surface area contributed by atoms with Crippen LogP contribution in [0.1, 0.15) is 20.9 Å². The summed E-state index contributed by atoms with van der Waals surface area (Å²) in [4.78, 5) is 24.0. The molecule has 5 rings (SSSR count). The first-order valence-electron chi connectivity index (χ1n) is 10.4. The highest BCUT2D eigenvalue weighted by atomic mass is 32.1. The van der Waals surface area contributed by atoms with Gasteiger partial charge in [0, 0.05) is 54.9 Å². The molecule has 2 aromatic carbocycles. The summed E-state index contributed by atoms with van der Waals surface area (Å²) in [6.07, 6.45) is 2.12. The van der Waals surface area contributed by atoms with E-state index < -0.39 is 0 Å². The lowest BCUT2D eigenvalue weighted by molar-refractivity contribution is 0.0627. The van der Waals surface area contributed by atoms with Crippen LogP contribution in [0.4, 0.5) is 4.39 Å². The van der Waals surface area contributed by atoms with E-state index in [-0.39, 0.29) is 11.7 Å². The van der Waals surface area contributed by atoms with Gasteiger partial charge in [-0.15, -0.1) is 11.3 Å². The quantitative estimate of drug-likeness (QED) is 0.476. The molecule has 0 aliphatic carbocycles. The molecule has 0 unspecified atom stereocenters. The fourth-order valence-corrected chi connectivity index (χ4v) is 4.92. The molecule has 1 amide bonds. The molecule has 0 bridgehead atoms. The number of imidazole rings is 1. The number of fused-ring (bicyclic) bond motifs is 1. The van der Waals surface area contributed by atoms with E-state index in [0.717, 1.165) is 47.1 Å². The summed E-state index contributed by atoms with van der Waals surface area (Å²) in [7, 11) is 0. The van der Waals surface area contributed by atoms with Crippen molar-refractivity contribution in [3.05, 3.63) is 82.7 Å². The molecule has 158 valence electrons. The van der Waals surface area contributed by atoms with Gasteiger partial charge in [-0.3, -0.25) is 14.1 Å². The molecule has 0 N–H and O–H groups in total. The second kappa shape index (κ2) is 8.24. The van der Waals surface area contributed by atoms with Crippen molar-refractivity contribution in [3.63, 3.8) is 0 Å². The zero-order valence-electron chi connectivity index (χ0n) is 17.3. The van der Waals surface area contributed by atoms with Crippen LogP contribution in [0.2, 0.25) is 0 Å². The first-order chi connectivity index (χ1) is 15.1. The number of hydrogen-bond donors (Lipinski definition) is 0. The standard InChI is InChI=1S/C24H23FN4OS/c1-17-15-29-21(22(26-24(29)31-17)18-7-9-20(25)10-8-18)16-27-11-13-28(14-12-27)23(30)19-5-3-2-4-6-19/h2-10,15H,11-14,16H2,1H3. The van der Waals surface area contributed by atoms with Crippen molar-refractivity contribution >= 4 is 22.2 Å². The SMILES string of the molecule is Cc1cn2c(CN3CCN(C(=O)c4ccccc4)CC3)c(-c3ccc(F)cc3)nc2s1. The third kappa shape index (κ3) is 3.98. The topological polar surface area (TPSA) is 40.9 Å². The van der Waals surface area contributed by atoms with Crippen LogP contribution in [0.5, 0.6) is 0 Å². The second-order valence-corrected chi connectivity index (χ2v) is 9.06. The maximum Gasteiger partial charge on any atom is 0.253 e. The van der Waals surface area contributed by atoms with Crippen LogP contribution in [-0.4, -0.2) is 51.3 Å². The van der Waals surface area contributed by atoms with Gasteiger partial charge in [0.1, 0.15) is 5.82 Å². The lowest BCUT2D eigenvalue weighted by atomic mass is 10.1. The molecule has 0 saturated carbocycles. The number of halogens is 1. The monoisotopic (exact) mass is 434 g/mol. The van der Waals surface area contributed by atoms with E-state index in [1.165, 1.54) is 17.0 Å². The molecular weight excluding hydrogens is 411 g/mol. The zero-order chi connectivity index (χ0) is 21.4. The van der Waals surface area contributed by atoms with Crippen LogP contribution < -0.4 is 0 Å². The molecule has 0 radical (unpaired) electrons. The van der Waals surface area contributed by atoms with Gasteiger partial charge in [0.15, 0.2) is 4.96 Å². The number of nitrogens with zero attached hydrogens (tertiary/aromatic N) is 4. The summed E-state index contributed by atoms with van der Waals surface area (Å²) in [5.41, 5.74) is 3.66. The highest BCUT2D eigenvalue weighted by Crippen LogP contribution is 2.29. The number of aryl methyl sites for hydroxylation is 1. The molecule has 0 spiro atoms. The van der Waals surface area contributed by atoms with Crippen molar-refractivity contribution in [2.45, 2.75) is 13.5 Å². The van der Waals surface area contributed by atoms with E-state index in [1.807, 2.05) is 35.2 Å². The third-order valence-corrected chi connectivity index (χ3v) is 6.61. The van der Waals surface area contributed by atoms with E-state index in [2.05, 4.69) is 22.4 Å². The van der Waals surface area contributed by atoms with Gasteiger partial charge in [-0.05, 0) is 43.3 Å². The summed E-state index contributed by atoms with van der Waals surface area (Å²) in [6.45, 7) is 5.82. The Labute approximate surface area is 184 Å². The van der Waals surface area contributed by atoms with Gasteiger partial charge in [0.05, 0.1) is 11.4 Å². The Bertz CT molecular complexity index is 1210. The van der Waals surface area contributed by atoms with Crippen LogP contribution in [0.15, 0.2) is 60.8 Å². The molecule has 1 fully saturated rings. The van der Waals surface area contributed by atoms with Crippen molar-refractivity contribution < 1.29 is 9.18 Å². The highest BCUT2D eigenvalue weighted by molar-refractivity contribution is 7.17. The number of hydrogen-bond acceptors (Lipinski definition) is 4. The molecule has 3 heterocycles. The van der Waals surface area contributed by atoms with Crippen LogP contribution in [0, 0.1) is 12.7 Å². The summed E-state index contributed by atoms with van der Waals surface area (Å²) in [5, 5.41) is 0. The van der Waals surface area contributed by atoms with E-state index in [9.17, 15) is 9.18 Å². The Morgan fingerprint density at radius 3 is 2.45 bits per heavy atom. The summed E-state index contributed by atoms with van der Waals surface area (Å²) in [6, 6.07) is 16.0. The van der Waals surface area contributed by atoms with Crippen LogP contribution >= 0.6 is 11.3 Å². The molecule has 7 heteroatoms. The number of amides is 1. The first-order valence-corrected chi connectivity index (χ1v) is 11.2. The van der Waals surface area contributed by atoms with Crippen molar-refractivity contribution in [1.82, 2.24) is 19.2 Å². The highest BCUT2D eigenvalue weighted by Gasteiger charge is 2.24. The minimum atomic E-state index is -0.249. The van der Waals surface area contributed by atoms with E-state index >= 15 is 0 Å². The Morgan fingerprint density at radius 1 is 1.03 bits per heavy atom. The number of thiazole rings is 1. The van der Waals surface area contributed by atoms with Gasteiger partial charge in [-0.2, -0.15) is 0 Å². The van der Waals surface area contributed by atoms with E-state index in [0.29, 0.717) is 13.1 Å². The number of aromatic nitrogens is 2. The number of benzene rings is 2. The zero-order valence-corrected chi connectivity index (χ0v) is 18.1. The smallest absolute Gasteiger partial charge is 0.253 e. The van der Waals surface area contributed by atoms with Crippen molar-refractivity contribution in [2.75, 3.05) is 26.2 Å². The van der Waals surface area contributed by atoms with Gasteiger partial charge in [-0.1, -0.05) is 18.2 Å². The van der Waals surface area contributed by atoms with Gasteiger partial charge < -0.3 is 4.90 Å². The number of piperazine rings is 1. The predicted octanol–water partition coefficient (Wildman–Crippen LogP) is 4.47. The van der Waals surface area contributed by atoms with Crippen LogP contribution in [0.3, 0.4) is 0 Å². The minimum absolute atomic E-state index is 0.0902. The van der Waals surface area contributed by atoms with Crippen LogP contribution in [0.25, 0.3) is 16.2 Å². The molecule has 1 aliphatic rings. The van der Waals surface area contributed by atoms with Gasteiger partial charge in [0.25, 0.3) is 5.91 Å². The normalized spacial score (nSPS) is 15.0. The van der Waals surface area contributed by atoms with E-state index in [1.54, 1.807) is 23.5 Å². The summed E-state index contributed by atoms with van der Waals surface area (Å²) in [5.74, 6) is -0.158.